The maximum atomic E-state index is 12.0. The molecule has 0 aromatic heterocycles. The quantitative estimate of drug-likeness (QED) is 0.820. The second kappa shape index (κ2) is 4.16. The van der Waals surface area contributed by atoms with Gasteiger partial charge in [-0.2, -0.15) is 0 Å². The van der Waals surface area contributed by atoms with Crippen LogP contribution in [0.4, 0.5) is 4.79 Å². The van der Waals surface area contributed by atoms with E-state index in [9.17, 15) is 4.79 Å². The van der Waals surface area contributed by atoms with E-state index in [1.54, 1.807) is 0 Å². The molecule has 1 saturated carbocycles. The number of rotatable bonds is 2. The number of hydrogen-bond acceptors (Lipinski definition) is 2. The zero-order valence-corrected chi connectivity index (χ0v) is 11.1. The Balaban J connectivity index is 1.89. The van der Waals surface area contributed by atoms with Crippen LogP contribution in [0.1, 0.15) is 25.3 Å². The van der Waals surface area contributed by atoms with Crippen LogP contribution in [0.5, 0.6) is 0 Å². The van der Waals surface area contributed by atoms with E-state index in [0.717, 1.165) is 24.4 Å². The lowest BCUT2D eigenvalue weighted by Gasteiger charge is -2.42. The van der Waals surface area contributed by atoms with Gasteiger partial charge in [0.1, 0.15) is 0 Å². The van der Waals surface area contributed by atoms with Gasteiger partial charge in [0.05, 0.1) is 12.1 Å². The topological polar surface area (TPSA) is 29.5 Å². The first-order valence-electron chi connectivity index (χ1n) is 6.36. The van der Waals surface area contributed by atoms with Crippen LogP contribution in [0, 0.1) is 5.92 Å². The van der Waals surface area contributed by atoms with Crippen LogP contribution in [0.2, 0.25) is 5.02 Å². The van der Waals surface area contributed by atoms with Crippen molar-refractivity contribution in [2.75, 3.05) is 13.2 Å². The fourth-order valence-electron chi connectivity index (χ4n) is 3.28. The molecule has 0 radical (unpaired) electrons. The SMILES string of the molecule is CCOC(=O)N1CC2CC1(c1ccc(Cl)cc1)C2. The summed E-state index contributed by atoms with van der Waals surface area (Å²) in [7, 11) is 0. The number of amides is 1. The van der Waals surface area contributed by atoms with Crippen molar-refractivity contribution in [3.05, 3.63) is 34.9 Å². The molecule has 2 bridgehead atoms. The number of carbonyl (C=O) groups is 1. The zero-order valence-electron chi connectivity index (χ0n) is 10.4. The minimum absolute atomic E-state index is 0.137. The Bertz CT molecular complexity index is 465. The summed E-state index contributed by atoms with van der Waals surface area (Å²) in [6, 6.07) is 7.83. The van der Waals surface area contributed by atoms with Crippen LogP contribution in [0.25, 0.3) is 0 Å². The van der Waals surface area contributed by atoms with Crippen molar-refractivity contribution in [3.63, 3.8) is 0 Å². The Morgan fingerprint density at radius 1 is 1.44 bits per heavy atom. The number of nitrogens with zero attached hydrogens (tertiary/aromatic N) is 1. The zero-order chi connectivity index (χ0) is 12.8. The smallest absolute Gasteiger partial charge is 0.410 e. The third kappa shape index (κ3) is 1.61. The van der Waals surface area contributed by atoms with Gasteiger partial charge in [0.25, 0.3) is 0 Å². The minimum Gasteiger partial charge on any atom is -0.450 e. The van der Waals surface area contributed by atoms with Crippen LogP contribution in [-0.4, -0.2) is 24.1 Å². The van der Waals surface area contributed by atoms with Gasteiger partial charge in [-0.15, -0.1) is 0 Å². The van der Waals surface area contributed by atoms with Gasteiger partial charge in [-0.05, 0) is 43.4 Å². The minimum atomic E-state index is -0.188. The summed E-state index contributed by atoms with van der Waals surface area (Å²) < 4.78 is 5.15. The van der Waals surface area contributed by atoms with E-state index in [2.05, 4.69) is 0 Å². The van der Waals surface area contributed by atoms with Gasteiger partial charge in [0.15, 0.2) is 0 Å². The summed E-state index contributed by atoms with van der Waals surface area (Å²) in [5, 5.41) is 0.728. The van der Waals surface area contributed by atoms with Crippen molar-refractivity contribution in [2.24, 2.45) is 5.92 Å². The lowest BCUT2D eigenvalue weighted by molar-refractivity contribution is 0.0649. The number of fused-ring (bicyclic) bond motifs is 1. The highest BCUT2D eigenvalue weighted by molar-refractivity contribution is 6.30. The van der Waals surface area contributed by atoms with E-state index in [0.29, 0.717) is 12.5 Å². The Labute approximate surface area is 112 Å². The fraction of sp³-hybridized carbons (Fsp3) is 0.500. The van der Waals surface area contributed by atoms with Gasteiger partial charge < -0.3 is 4.74 Å². The Morgan fingerprint density at radius 2 is 2.11 bits per heavy atom. The number of ether oxygens (including phenoxy) is 1. The van der Waals surface area contributed by atoms with E-state index in [1.807, 2.05) is 36.1 Å². The van der Waals surface area contributed by atoms with Crippen molar-refractivity contribution in [1.29, 1.82) is 0 Å². The maximum Gasteiger partial charge on any atom is 0.410 e. The van der Waals surface area contributed by atoms with Crippen LogP contribution < -0.4 is 0 Å². The lowest BCUT2D eigenvalue weighted by atomic mass is 9.69. The predicted octanol–water partition coefficient (Wildman–Crippen LogP) is 3.42. The molecule has 1 aromatic carbocycles. The molecule has 4 rings (SSSR count). The standard InChI is InChI=1S/C14H16ClNO2/c1-2-18-13(17)16-9-10-7-14(16,8-10)11-3-5-12(15)6-4-11/h3-6,10H,2,7-9H2,1H3. The molecule has 2 saturated heterocycles. The maximum absolute atomic E-state index is 12.0. The van der Waals surface area contributed by atoms with Gasteiger partial charge in [-0.3, -0.25) is 4.90 Å². The Hall–Kier alpha value is -1.22. The highest BCUT2D eigenvalue weighted by atomic mass is 35.5. The van der Waals surface area contributed by atoms with E-state index in [4.69, 9.17) is 16.3 Å². The summed E-state index contributed by atoms with van der Waals surface area (Å²) in [6.45, 7) is 3.09. The molecule has 3 fully saturated rings. The molecule has 4 heteroatoms. The molecule has 3 aliphatic rings. The molecule has 2 aliphatic heterocycles. The summed E-state index contributed by atoms with van der Waals surface area (Å²) >= 11 is 5.92. The van der Waals surface area contributed by atoms with E-state index in [-0.39, 0.29) is 11.6 Å². The van der Waals surface area contributed by atoms with Crippen molar-refractivity contribution in [1.82, 2.24) is 4.90 Å². The molecule has 3 nitrogen and oxygen atoms in total. The highest BCUT2D eigenvalue weighted by Gasteiger charge is 2.59. The second-order valence-electron chi connectivity index (χ2n) is 5.12. The monoisotopic (exact) mass is 265 g/mol. The van der Waals surface area contributed by atoms with E-state index < -0.39 is 0 Å². The van der Waals surface area contributed by atoms with Crippen molar-refractivity contribution in [3.8, 4) is 0 Å². The number of halogens is 1. The Kier molecular flexibility index (Phi) is 2.74. The van der Waals surface area contributed by atoms with E-state index >= 15 is 0 Å². The third-order valence-electron chi connectivity index (χ3n) is 4.08. The number of hydrogen-bond donors (Lipinski definition) is 0. The molecule has 18 heavy (non-hydrogen) atoms. The van der Waals surface area contributed by atoms with Gasteiger partial charge in [-0.25, -0.2) is 4.79 Å². The van der Waals surface area contributed by atoms with Crippen LogP contribution in [0.3, 0.4) is 0 Å². The number of carbonyl (C=O) groups excluding carboxylic acids is 1. The fourth-order valence-corrected chi connectivity index (χ4v) is 3.41. The van der Waals surface area contributed by atoms with Crippen molar-refractivity contribution >= 4 is 17.7 Å². The van der Waals surface area contributed by atoms with Crippen LogP contribution >= 0.6 is 11.6 Å². The molecule has 0 unspecified atom stereocenters. The summed E-state index contributed by atoms with van der Waals surface area (Å²) in [5.74, 6) is 0.630. The first kappa shape index (κ1) is 11.8. The normalized spacial score (nSPS) is 29.0. The van der Waals surface area contributed by atoms with Gasteiger partial charge >= 0.3 is 6.09 Å². The van der Waals surface area contributed by atoms with Gasteiger partial charge in [0, 0.05) is 11.6 Å². The number of benzene rings is 1. The van der Waals surface area contributed by atoms with Crippen molar-refractivity contribution in [2.45, 2.75) is 25.3 Å². The molecular formula is C14H16ClNO2. The molecule has 1 aliphatic carbocycles. The van der Waals surface area contributed by atoms with E-state index in [1.165, 1.54) is 5.56 Å². The Morgan fingerprint density at radius 3 is 2.72 bits per heavy atom. The summed E-state index contributed by atoms with van der Waals surface area (Å²) in [5.41, 5.74) is 1.04. The third-order valence-corrected chi connectivity index (χ3v) is 4.33. The lowest BCUT2D eigenvalue weighted by Crippen LogP contribution is -2.45. The molecule has 96 valence electrons. The van der Waals surface area contributed by atoms with Gasteiger partial charge in [0.2, 0.25) is 0 Å². The first-order valence-corrected chi connectivity index (χ1v) is 6.74. The second-order valence-corrected chi connectivity index (χ2v) is 5.56. The average Bonchev–Trinajstić information content (AvgIpc) is 2.85. The van der Waals surface area contributed by atoms with Crippen LogP contribution in [-0.2, 0) is 10.3 Å². The van der Waals surface area contributed by atoms with Gasteiger partial charge in [-0.1, -0.05) is 23.7 Å². The molecular weight excluding hydrogens is 250 g/mol. The molecule has 0 spiro atoms. The van der Waals surface area contributed by atoms with Crippen molar-refractivity contribution < 1.29 is 9.53 Å². The first-order chi connectivity index (χ1) is 8.65. The molecule has 1 aromatic rings. The molecule has 1 amide bonds. The van der Waals surface area contributed by atoms with Crippen LogP contribution in [0.15, 0.2) is 24.3 Å². The molecule has 0 N–H and O–H groups in total. The largest absolute Gasteiger partial charge is 0.450 e. The molecule has 0 atom stereocenters. The summed E-state index contributed by atoms with van der Waals surface area (Å²) in [6.07, 6.45) is 1.91. The molecule has 2 heterocycles. The predicted molar refractivity (Wildman–Crippen MR) is 69.6 cm³/mol. The summed E-state index contributed by atoms with van der Waals surface area (Å²) in [4.78, 5) is 13.9. The average molecular weight is 266 g/mol. The highest BCUT2D eigenvalue weighted by Crippen LogP contribution is 2.57.